The summed E-state index contributed by atoms with van der Waals surface area (Å²) in [6, 6.07) is 0. The van der Waals surface area contributed by atoms with Crippen molar-refractivity contribution in [3.05, 3.63) is 0 Å². The molecule has 0 aliphatic carbocycles. The largest absolute Gasteiger partial charge is 0.490 e. The average molecular weight is 257 g/mol. The summed E-state index contributed by atoms with van der Waals surface area (Å²) in [4.78, 5) is 0. The predicted molar refractivity (Wildman–Crippen MR) is 69.8 cm³/mol. The highest BCUT2D eigenvalue weighted by molar-refractivity contribution is 7.11. The molecule has 1 aromatic rings. The first kappa shape index (κ1) is 12.4. The molecule has 1 saturated heterocycles. The van der Waals surface area contributed by atoms with Crippen molar-refractivity contribution < 1.29 is 9.47 Å². The van der Waals surface area contributed by atoms with Crippen molar-refractivity contribution in [2.45, 2.75) is 31.8 Å². The van der Waals surface area contributed by atoms with Gasteiger partial charge < -0.3 is 20.5 Å². The Morgan fingerprint density at radius 3 is 3.18 bits per heavy atom. The lowest BCUT2D eigenvalue weighted by molar-refractivity contribution is 0.0134. The lowest BCUT2D eigenvalue weighted by Crippen LogP contribution is -2.21. The number of rotatable bonds is 5. The van der Waals surface area contributed by atoms with E-state index in [-0.39, 0.29) is 0 Å². The zero-order valence-corrected chi connectivity index (χ0v) is 10.9. The molecule has 17 heavy (non-hydrogen) atoms. The highest BCUT2D eigenvalue weighted by atomic mass is 32.1. The van der Waals surface area contributed by atoms with Gasteiger partial charge in [-0.05, 0) is 37.2 Å². The maximum Gasteiger partial charge on any atom is 0.197 e. The number of anilines is 2. The minimum Gasteiger partial charge on any atom is -0.490 e. The minimum absolute atomic E-state index is 0.396. The Bertz CT molecular complexity index is 350. The quantitative estimate of drug-likeness (QED) is 0.845. The van der Waals surface area contributed by atoms with Crippen molar-refractivity contribution in [1.82, 2.24) is 4.37 Å². The Hall–Kier alpha value is -1.01. The maximum atomic E-state index is 5.68. The van der Waals surface area contributed by atoms with Crippen LogP contribution in [0.2, 0.25) is 0 Å². The van der Waals surface area contributed by atoms with Crippen LogP contribution >= 0.6 is 11.5 Å². The smallest absolute Gasteiger partial charge is 0.197 e. The third-order valence-corrected chi connectivity index (χ3v) is 3.70. The third kappa shape index (κ3) is 3.23. The Labute approximate surface area is 105 Å². The van der Waals surface area contributed by atoms with E-state index in [0.29, 0.717) is 17.7 Å². The second kappa shape index (κ2) is 6.07. The standard InChI is InChI=1S/C11H19N3O2S/c1-15-9-10(12)14-17-11(9)13-6-5-8-4-2-3-7-16-8/h8,13H,2-7H2,1H3,(H2,12,14). The lowest BCUT2D eigenvalue weighted by atomic mass is 10.1. The first-order chi connectivity index (χ1) is 8.31. The van der Waals surface area contributed by atoms with Gasteiger partial charge in [-0.25, -0.2) is 0 Å². The van der Waals surface area contributed by atoms with Gasteiger partial charge in [0.1, 0.15) is 0 Å². The summed E-state index contributed by atoms with van der Waals surface area (Å²) >= 11 is 1.34. The molecule has 1 aliphatic rings. The number of hydrogen-bond acceptors (Lipinski definition) is 6. The van der Waals surface area contributed by atoms with Crippen LogP contribution in [0.3, 0.4) is 0 Å². The highest BCUT2D eigenvalue weighted by Gasteiger charge is 2.15. The van der Waals surface area contributed by atoms with Crippen LogP contribution in [-0.4, -0.2) is 30.7 Å². The van der Waals surface area contributed by atoms with E-state index < -0.39 is 0 Å². The fraction of sp³-hybridized carbons (Fsp3) is 0.727. The van der Waals surface area contributed by atoms with Gasteiger partial charge in [-0.1, -0.05) is 0 Å². The molecule has 1 unspecified atom stereocenters. The van der Waals surface area contributed by atoms with Crippen LogP contribution < -0.4 is 15.8 Å². The highest BCUT2D eigenvalue weighted by Crippen LogP contribution is 2.34. The molecule has 0 radical (unpaired) electrons. The topological polar surface area (TPSA) is 69.4 Å². The molecule has 3 N–H and O–H groups in total. The van der Waals surface area contributed by atoms with Crippen LogP contribution in [0.1, 0.15) is 25.7 Å². The molecule has 2 heterocycles. The molecule has 96 valence electrons. The van der Waals surface area contributed by atoms with Crippen molar-refractivity contribution in [2.24, 2.45) is 0 Å². The average Bonchev–Trinajstić information content (AvgIpc) is 2.71. The van der Waals surface area contributed by atoms with Gasteiger partial charge in [0.15, 0.2) is 16.6 Å². The van der Waals surface area contributed by atoms with E-state index in [4.69, 9.17) is 15.2 Å². The number of nitrogens with zero attached hydrogens (tertiary/aromatic N) is 1. The molecule has 1 aromatic heterocycles. The number of ether oxygens (including phenoxy) is 2. The Morgan fingerprint density at radius 2 is 2.47 bits per heavy atom. The van der Waals surface area contributed by atoms with Crippen LogP contribution in [0.25, 0.3) is 0 Å². The van der Waals surface area contributed by atoms with E-state index in [2.05, 4.69) is 9.69 Å². The number of nitrogens with one attached hydrogen (secondary N) is 1. The zero-order chi connectivity index (χ0) is 12.1. The molecule has 0 aromatic carbocycles. The minimum atomic E-state index is 0.396. The third-order valence-electron chi connectivity index (χ3n) is 2.90. The van der Waals surface area contributed by atoms with E-state index in [1.54, 1.807) is 7.11 Å². The Balaban J connectivity index is 1.77. The molecule has 0 saturated carbocycles. The van der Waals surface area contributed by atoms with Gasteiger partial charge in [-0.15, -0.1) is 0 Å². The lowest BCUT2D eigenvalue weighted by Gasteiger charge is -2.22. The molecular weight excluding hydrogens is 238 g/mol. The number of methoxy groups -OCH3 is 1. The van der Waals surface area contributed by atoms with E-state index >= 15 is 0 Å². The normalized spacial score (nSPS) is 20.2. The van der Waals surface area contributed by atoms with E-state index in [0.717, 1.165) is 24.6 Å². The van der Waals surface area contributed by atoms with E-state index in [1.807, 2.05) is 0 Å². The van der Waals surface area contributed by atoms with Gasteiger partial charge in [-0.2, -0.15) is 4.37 Å². The molecule has 5 nitrogen and oxygen atoms in total. The van der Waals surface area contributed by atoms with E-state index in [1.165, 1.54) is 30.8 Å². The molecule has 0 bridgehead atoms. The fourth-order valence-electron chi connectivity index (χ4n) is 1.99. The summed E-state index contributed by atoms with van der Waals surface area (Å²) < 4.78 is 14.9. The van der Waals surface area contributed by atoms with Crippen molar-refractivity contribution in [3.8, 4) is 5.75 Å². The van der Waals surface area contributed by atoms with Crippen LogP contribution in [0.15, 0.2) is 0 Å². The molecule has 0 spiro atoms. The second-order valence-electron chi connectivity index (χ2n) is 4.13. The molecule has 6 heteroatoms. The van der Waals surface area contributed by atoms with E-state index in [9.17, 15) is 0 Å². The molecule has 0 amide bonds. The number of nitrogen functional groups attached to an aromatic ring is 1. The SMILES string of the molecule is COc1c(N)nsc1NCCC1CCCCO1. The summed E-state index contributed by atoms with van der Waals surface area (Å²) in [5.41, 5.74) is 5.68. The molecule has 1 fully saturated rings. The summed E-state index contributed by atoms with van der Waals surface area (Å²) in [6.45, 7) is 1.77. The summed E-state index contributed by atoms with van der Waals surface area (Å²) in [7, 11) is 1.61. The molecular formula is C11H19N3O2S. The summed E-state index contributed by atoms with van der Waals surface area (Å²) in [6.07, 6.45) is 5.06. The van der Waals surface area contributed by atoms with Crippen LogP contribution in [-0.2, 0) is 4.74 Å². The number of aromatic nitrogens is 1. The molecule has 1 atom stereocenters. The maximum absolute atomic E-state index is 5.68. The van der Waals surface area contributed by atoms with Crippen LogP contribution in [0.5, 0.6) is 5.75 Å². The first-order valence-corrected chi connectivity index (χ1v) is 6.73. The monoisotopic (exact) mass is 257 g/mol. The number of nitrogens with two attached hydrogens (primary N) is 1. The Kier molecular flexibility index (Phi) is 4.44. The fourth-order valence-corrected chi connectivity index (χ4v) is 2.70. The predicted octanol–water partition coefficient (Wildman–Crippen LogP) is 2.10. The second-order valence-corrected chi connectivity index (χ2v) is 4.91. The van der Waals surface area contributed by atoms with Crippen LogP contribution in [0.4, 0.5) is 10.8 Å². The first-order valence-electron chi connectivity index (χ1n) is 5.96. The van der Waals surface area contributed by atoms with Crippen molar-refractivity contribution in [1.29, 1.82) is 0 Å². The van der Waals surface area contributed by atoms with Gasteiger partial charge in [0.25, 0.3) is 0 Å². The molecule has 1 aliphatic heterocycles. The molecule has 2 rings (SSSR count). The zero-order valence-electron chi connectivity index (χ0n) is 10.1. The Morgan fingerprint density at radius 1 is 1.59 bits per heavy atom. The van der Waals surface area contributed by atoms with Gasteiger partial charge in [0.2, 0.25) is 0 Å². The van der Waals surface area contributed by atoms with Crippen molar-refractivity contribution in [2.75, 3.05) is 31.3 Å². The number of hydrogen-bond donors (Lipinski definition) is 2. The van der Waals surface area contributed by atoms with Crippen LogP contribution in [0, 0.1) is 0 Å². The van der Waals surface area contributed by atoms with Crippen molar-refractivity contribution >= 4 is 22.4 Å². The summed E-state index contributed by atoms with van der Waals surface area (Å²) in [5.74, 6) is 1.11. The van der Waals surface area contributed by atoms with Gasteiger partial charge >= 0.3 is 0 Å². The van der Waals surface area contributed by atoms with Gasteiger partial charge in [0, 0.05) is 13.2 Å². The van der Waals surface area contributed by atoms with Gasteiger partial charge in [-0.3, -0.25) is 0 Å². The van der Waals surface area contributed by atoms with Gasteiger partial charge in [0.05, 0.1) is 13.2 Å². The van der Waals surface area contributed by atoms with Crippen molar-refractivity contribution in [3.63, 3.8) is 0 Å². The summed E-state index contributed by atoms with van der Waals surface area (Å²) in [5, 5.41) is 4.21.